The summed E-state index contributed by atoms with van der Waals surface area (Å²) in [4.78, 5) is 32.7. The van der Waals surface area contributed by atoms with Crippen molar-refractivity contribution in [1.82, 2.24) is 20.1 Å². The maximum absolute atomic E-state index is 13.2. The van der Waals surface area contributed by atoms with Crippen LogP contribution in [0.3, 0.4) is 0 Å². The minimum absolute atomic E-state index is 0.185. The molecule has 1 N–H and O–H groups in total. The highest BCUT2D eigenvalue weighted by atomic mass is 32.1. The molecule has 1 amide bonds. The Morgan fingerprint density at radius 1 is 1.14 bits per heavy atom. The quantitative estimate of drug-likeness (QED) is 0.428. The molecule has 0 aliphatic carbocycles. The molecule has 2 aliphatic heterocycles. The number of amides is 1. The van der Waals surface area contributed by atoms with Crippen LogP contribution in [0.25, 0.3) is 21.7 Å². The Labute approximate surface area is 202 Å². The Balaban J connectivity index is 1.27. The van der Waals surface area contributed by atoms with Crippen molar-refractivity contribution >= 4 is 32.6 Å². The van der Waals surface area contributed by atoms with Gasteiger partial charge in [0.2, 0.25) is 12.7 Å². The molecule has 12 heteroatoms. The van der Waals surface area contributed by atoms with Crippen LogP contribution < -0.4 is 25.2 Å². The maximum atomic E-state index is 13.2. The van der Waals surface area contributed by atoms with E-state index < -0.39 is 5.56 Å². The van der Waals surface area contributed by atoms with Gasteiger partial charge in [-0.3, -0.25) is 9.59 Å². The van der Waals surface area contributed by atoms with Crippen molar-refractivity contribution in [3.63, 3.8) is 0 Å². The molecule has 0 saturated carbocycles. The standard InChI is InChI=1S/C23H21N5O6S/c29-18(24-11-14-3-4-15-17(10-14)34-13-33-15)12-28-22(30)20-21(19(26-28)16-2-1-7-32-16)35-23(25-20)27-5-8-31-9-6-27/h1-4,7,10H,5-6,8-9,11-13H2,(H,24,29). The van der Waals surface area contributed by atoms with Crippen LogP contribution in [0.4, 0.5) is 5.13 Å². The Morgan fingerprint density at radius 2 is 2.00 bits per heavy atom. The summed E-state index contributed by atoms with van der Waals surface area (Å²) in [7, 11) is 0. The zero-order valence-electron chi connectivity index (χ0n) is 18.6. The SMILES string of the molecule is O=C(Cn1nc(-c2ccco2)c2sc(N3CCOCC3)nc2c1=O)NCc1ccc2c(c1)OCO2. The van der Waals surface area contributed by atoms with Crippen LogP contribution in [0.1, 0.15) is 5.56 Å². The predicted molar refractivity (Wildman–Crippen MR) is 127 cm³/mol. The van der Waals surface area contributed by atoms with Gasteiger partial charge < -0.3 is 28.8 Å². The maximum Gasteiger partial charge on any atom is 0.294 e. The number of benzene rings is 1. The molecule has 0 bridgehead atoms. The fourth-order valence-electron chi connectivity index (χ4n) is 3.96. The molecule has 0 atom stereocenters. The second-order valence-electron chi connectivity index (χ2n) is 8.03. The molecular weight excluding hydrogens is 474 g/mol. The lowest BCUT2D eigenvalue weighted by molar-refractivity contribution is -0.122. The van der Waals surface area contributed by atoms with E-state index in [1.807, 2.05) is 12.1 Å². The first-order valence-electron chi connectivity index (χ1n) is 11.1. The van der Waals surface area contributed by atoms with Crippen molar-refractivity contribution in [2.75, 3.05) is 38.0 Å². The first-order valence-corrected chi connectivity index (χ1v) is 11.9. The summed E-state index contributed by atoms with van der Waals surface area (Å²) < 4.78 is 23.4. The van der Waals surface area contributed by atoms with E-state index in [2.05, 4.69) is 20.3 Å². The average molecular weight is 496 g/mol. The van der Waals surface area contributed by atoms with Crippen molar-refractivity contribution in [3.8, 4) is 23.0 Å². The van der Waals surface area contributed by atoms with E-state index in [1.165, 1.54) is 11.3 Å². The average Bonchev–Trinajstić information content (AvgIpc) is 3.65. The van der Waals surface area contributed by atoms with Gasteiger partial charge in [0.25, 0.3) is 5.56 Å². The molecule has 2 aliphatic rings. The fraction of sp³-hybridized carbons (Fsp3) is 0.304. The van der Waals surface area contributed by atoms with Gasteiger partial charge in [0.05, 0.1) is 24.2 Å². The summed E-state index contributed by atoms with van der Waals surface area (Å²) in [6.07, 6.45) is 1.54. The Hall–Kier alpha value is -3.90. The predicted octanol–water partition coefficient (Wildman–Crippen LogP) is 1.99. The second kappa shape index (κ2) is 9.04. The molecule has 5 heterocycles. The summed E-state index contributed by atoms with van der Waals surface area (Å²) in [5.41, 5.74) is 1.17. The van der Waals surface area contributed by atoms with Gasteiger partial charge in [-0.25, -0.2) is 9.67 Å². The number of hydrogen-bond acceptors (Lipinski definition) is 10. The number of ether oxygens (including phenoxy) is 3. The number of rotatable bonds is 6. The molecule has 6 rings (SSSR count). The smallest absolute Gasteiger partial charge is 0.294 e. The number of nitrogens with one attached hydrogen (secondary N) is 1. The van der Waals surface area contributed by atoms with E-state index in [0.29, 0.717) is 54.0 Å². The third-order valence-electron chi connectivity index (χ3n) is 5.74. The van der Waals surface area contributed by atoms with E-state index in [4.69, 9.17) is 18.6 Å². The van der Waals surface area contributed by atoms with Gasteiger partial charge in [-0.2, -0.15) is 5.10 Å². The van der Waals surface area contributed by atoms with E-state index in [0.717, 1.165) is 15.4 Å². The molecule has 0 unspecified atom stereocenters. The number of morpholine rings is 1. The van der Waals surface area contributed by atoms with Crippen LogP contribution >= 0.6 is 11.3 Å². The molecule has 180 valence electrons. The van der Waals surface area contributed by atoms with Crippen molar-refractivity contribution < 1.29 is 23.4 Å². The summed E-state index contributed by atoms with van der Waals surface area (Å²) in [5, 5.41) is 8.03. The Morgan fingerprint density at radius 3 is 2.83 bits per heavy atom. The first kappa shape index (κ1) is 21.6. The molecule has 4 aromatic rings. The van der Waals surface area contributed by atoms with Gasteiger partial charge in [-0.1, -0.05) is 17.4 Å². The van der Waals surface area contributed by atoms with E-state index in [1.54, 1.807) is 24.5 Å². The molecule has 0 radical (unpaired) electrons. The van der Waals surface area contributed by atoms with Crippen LogP contribution in [0.15, 0.2) is 45.8 Å². The van der Waals surface area contributed by atoms with Crippen molar-refractivity contribution in [1.29, 1.82) is 0 Å². The number of hydrogen-bond donors (Lipinski definition) is 1. The van der Waals surface area contributed by atoms with Gasteiger partial charge in [-0.05, 0) is 29.8 Å². The fourth-order valence-corrected chi connectivity index (χ4v) is 5.06. The second-order valence-corrected chi connectivity index (χ2v) is 9.00. The lowest BCUT2D eigenvalue weighted by Gasteiger charge is -2.25. The van der Waals surface area contributed by atoms with Crippen LogP contribution in [0, 0.1) is 0 Å². The van der Waals surface area contributed by atoms with Gasteiger partial charge in [0, 0.05) is 19.6 Å². The number of thiazole rings is 1. The summed E-state index contributed by atoms with van der Waals surface area (Å²) in [6, 6.07) is 8.98. The van der Waals surface area contributed by atoms with Gasteiger partial charge >= 0.3 is 0 Å². The highest BCUT2D eigenvalue weighted by molar-refractivity contribution is 7.22. The molecule has 3 aromatic heterocycles. The van der Waals surface area contributed by atoms with Crippen molar-refractivity contribution in [2.24, 2.45) is 0 Å². The summed E-state index contributed by atoms with van der Waals surface area (Å²) in [5.74, 6) is 1.46. The van der Waals surface area contributed by atoms with Crippen LogP contribution in [-0.2, 0) is 22.6 Å². The third-order valence-corrected chi connectivity index (χ3v) is 6.87. The lowest BCUT2D eigenvalue weighted by atomic mass is 10.2. The summed E-state index contributed by atoms with van der Waals surface area (Å²) in [6.45, 7) is 2.80. The van der Waals surface area contributed by atoms with Crippen LogP contribution in [0.5, 0.6) is 11.5 Å². The monoisotopic (exact) mass is 495 g/mol. The van der Waals surface area contributed by atoms with Crippen molar-refractivity contribution in [3.05, 3.63) is 52.5 Å². The van der Waals surface area contributed by atoms with E-state index in [9.17, 15) is 9.59 Å². The van der Waals surface area contributed by atoms with Crippen molar-refractivity contribution in [2.45, 2.75) is 13.1 Å². The highest BCUT2D eigenvalue weighted by Gasteiger charge is 2.23. The molecule has 11 nitrogen and oxygen atoms in total. The topological polar surface area (TPSA) is 121 Å². The number of aromatic nitrogens is 3. The zero-order valence-corrected chi connectivity index (χ0v) is 19.4. The largest absolute Gasteiger partial charge is 0.463 e. The number of carbonyl (C=O) groups excluding carboxylic acids is 1. The normalized spacial score (nSPS) is 15.0. The lowest BCUT2D eigenvalue weighted by Crippen LogP contribution is -2.36. The minimum Gasteiger partial charge on any atom is -0.463 e. The van der Waals surface area contributed by atoms with Gasteiger partial charge in [0.1, 0.15) is 12.2 Å². The number of fused-ring (bicyclic) bond motifs is 2. The van der Waals surface area contributed by atoms with Gasteiger partial charge in [-0.15, -0.1) is 0 Å². The number of furan rings is 1. The highest BCUT2D eigenvalue weighted by Crippen LogP contribution is 2.34. The Kier molecular flexibility index (Phi) is 5.58. The molecule has 1 saturated heterocycles. The third kappa shape index (κ3) is 4.21. The number of carbonyl (C=O) groups is 1. The molecule has 35 heavy (non-hydrogen) atoms. The van der Waals surface area contributed by atoms with Crippen LogP contribution in [-0.4, -0.2) is 53.8 Å². The van der Waals surface area contributed by atoms with Crippen LogP contribution in [0.2, 0.25) is 0 Å². The zero-order chi connectivity index (χ0) is 23.8. The van der Waals surface area contributed by atoms with Gasteiger partial charge in [0.15, 0.2) is 27.9 Å². The Bertz CT molecular complexity index is 1440. The molecule has 0 spiro atoms. The number of anilines is 1. The molecule has 1 fully saturated rings. The number of nitrogens with zero attached hydrogens (tertiary/aromatic N) is 4. The first-order chi connectivity index (χ1) is 17.2. The molecule has 1 aromatic carbocycles. The van der Waals surface area contributed by atoms with E-state index >= 15 is 0 Å². The molecular formula is C23H21N5O6S. The van der Waals surface area contributed by atoms with E-state index in [-0.39, 0.29) is 31.3 Å². The minimum atomic E-state index is -0.427. The summed E-state index contributed by atoms with van der Waals surface area (Å²) >= 11 is 1.39.